The van der Waals surface area contributed by atoms with Crippen LogP contribution >= 0.6 is 0 Å². The highest BCUT2D eigenvalue weighted by Crippen LogP contribution is 2.44. The third kappa shape index (κ3) is 4.46. The van der Waals surface area contributed by atoms with Crippen LogP contribution in [0.4, 0.5) is 0 Å². The Bertz CT molecular complexity index is 230. The van der Waals surface area contributed by atoms with E-state index in [0.717, 1.165) is 26.4 Å². The summed E-state index contributed by atoms with van der Waals surface area (Å²) in [4.78, 5) is 0. The van der Waals surface area contributed by atoms with Gasteiger partial charge >= 0.3 is 0 Å². The lowest BCUT2D eigenvalue weighted by Crippen LogP contribution is -2.30. The van der Waals surface area contributed by atoms with Gasteiger partial charge in [-0.05, 0) is 21.7 Å². The Morgan fingerprint density at radius 3 is 0.650 bits per heavy atom. The Morgan fingerprint density at radius 2 is 0.600 bits per heavy atom. The molecule has 20 heavy (non-hydrogen) atoms. The van der Waals surface area contributed by atoms with Crippen LogP contribution < -0.4 is 0 Å². The van der Waals surface area contributed by atoms with Crippen LogP contribution in [-0.2, 0) is 9.47 Å². The smallest absolute Gasteiger partial charge is 0.0523 e. The molecule has 0 aromatic rings. The van der Waals surface area contributed by atoms with E-state index in [1.54, 1.807) is 0 Å². The van der Waals surface area contributed by atoms with Crippen LogP contribution in [0.2, 0.25) is 0 Å². The van der Waals surface area contributed by atoms with E-state index in [-0.39, 0.29) is 14.9 Å². The molecule has 0 saturated carbocycles. The van der Waals surface area contributed by atoms with Crippen molar-refractivity contribution in [3.63, 3.8) is 0 Å². The minimum Gasteiger partial charge on any atom is -0.380 e. The minimum absolute atomic E-state index is 0. The second kappa shape index (κ2) is 6.79. The molecule has 2 aliphatic rings. The van der Waals surface area contributed by atoms with Crippen LogP contribution in [0.25, 0.3) is 0 Å². The maximum Gasteiger partial charge on any atom is 0.0523 e. The molecule has 0 atom stereocenters. The van der Waals surface area contributed by atoms with Crippen molar-refractivity contribution in [3.8, 4) is 0 Å². The minimum atomic E-state index is 0. The van der Waals surface area contributed by atoms with Crippen LogP contribution in [0.1, 0.15) is 70.2 Å². The topological polar surface area (TPSA) is 18.5 Å². The van der Waals surface area contributed by atoms with Gasteiger partial charge in [0.1, 0.15) is 0 Å². The highest BCUT2D eigenvalue weighted by atomic mass is 16.5. The highest BCUT2D eigenvalue weighted by molar-refractivity contribution is 4.90. The SMILES string of the molecule is C.C.CC1(C)COCC1(C)C.CC1(C)COCC1(C)C. The van der Waals surface area contributed by atoms with Gasteiger partial charge in [-0.1, -0.05) is 70.2 Å². The van der Waals surface area contributed by atoms with E-state index < -0.39 is 0 Å². The van der Waals surface area contributed by atoms with Gasteiger partial charge in [0.15, 0.2) is 0 Å². The molecular weight excluding hydrogens is 248 g/mol. The van der Waals surface area contributed by atoms with Crippen LogP contribution in [0, 0.1) is 21.7 Å². The van der Waals surface area contributed by atoms with Gasteiger partial charge in [-0.25, -0.2) is 0 Å². The molecule has 2 rings (SSSR count). The zero-order valence-corrected chi connectivity index (χ0v) is 13.6. The van der Waals surface area contributed by atoms with Gasteiger partial charge in [0, 0.05) is 0 Å². The third-order valence-corrected chi connectivity index (χ3v) is 5.52. The van der Waals surface area contributed by atoms with E-state index >= 15 is 0 Å². The average molecular weight is 289 g/mol. The molecule has 0 spiro atoms. The van der Waals surface area contributed by atoms with Gasteiger partial charge in [0.25, 0.3) is 0 Å². The zero-order valence-electron chi connectivity index (χ0n) is 13.6. The Balaban J connectivity index is 0. The third-order valence-electron chi connectivity index (χ3n) is 5.52. The van der Waals surface area contributed by atoms with E-state index in [2.05, 4.69) is 55.4 Å². The molecule has 2 heteroatoms. The van der Waals surface area contributed by atoms with Crippen LogP contribution in [0.5, 0.6) is 0 Å². The maximum atomic E-state index is 5.38. The summed E-state index contributed by atoms with van der Waals surface area (Å²) in [7, 11) is 0. The fourth-order valence-electron chi connectivity index (χ4n) is 1.90. The first-order valence-electron chi connectivity index (χ1n) is 7.07. The molecule has 2 heterocycles. The molecule has 0 aromatic heterocycles. The number of hydrogen-bond acceptors (Lipinski definition) is 2. The molecule has 0 bridgehead atoms. The van der Waals surface area contributed by atoms with Crippen molar-refractivity contribution >= 4 is 0 Å². The molecule has 2 saturated heterocycles. The van der Waals surface area contributed by atoms with Gasteiger partial charge in [0.2, 0.25) is 0 Å². The van der Waals surface area contributed by atoms with Crippen molar-refractivity contribution in [1.82, 2.24) is 0 Å². The Morgan fingerprint density at radius 1 is 0.450 bits per heavy atom. The van der Waals surface area contributed by atoms with Crippen molar-refractivity contribution in [2.45, 2.75) is 70.2 Å². The van der Waals surface area contributed by atoms with Crippen LogP contribution in [0.15, 0.2) is 0 Å². The summed E-state index contributed by atoms with van der Waals surface area (Å²) in [6, 6.07) is 0. The lowest BCUT2D eigenvalue weighted by Gasteiger charge is -2.31. The Labute approximate surface area is 128 Å². The van der Waals surface area contributed by atoms with Crippen molar-refractivity contribution in [2.24, 2.45) is 21.7 Å². The molecule has 0 aromatic carbocycles. The largest absolute Gasteiger partial charge is 0.380 e. The summed E-state index contributed by atoms with van der Waals surface area (Å²) < 4.78 is 10.8. The Kier molecular flexibility index (Phi) is 7.54. The van der Waals surface area contributed by atoms with Crippen molar-refractivity contribution in [2.75, 3.05) is 26.4 Å². The Hall–Kier alpha value is -0.0800. The summed E-state index contributed by atoms with van der Waals surface area (Å²) in [6.45, 7) is 21.8. The van der Waals surface area contributed by atoms with E-state index in [9.17, 15) is 0 Å². The first-order chi connectivity index (χ1) is 7.91. The summed E-state index contributed by atoms with van der Waals surface area (Å²) in [5, 5.41) is 0. The first-order valence-corrected chi connectivity index (χ1v) is 7.07. The molecule has 0 radical (unpaired) electrons. The summed E-state index contributed by atoms with van der Waals surface area (Å²) in [5.74, 6) is 0. The summed E-state index contributed by atoms with van der Waals surface area (Å²) >= 11 is 0. The molecule has 0 amide bonds. The van der Waals surface area contributed by atoms with Crippen molar-refractivity contribution in [3.05, 3.63) is 0 Å². The molecule has 2 nitrogen and oxygen atoms in total. The predicted molar refractivity (Wildman–Crippen MR) is 90.2 cm³/mol. The van der Waals surface area contributed by atoms with E-state index in [0.29, 0.717) is 21.7 Å². The zero-order chi connectivity index (χ0) is 14.2. The fourth-order valence-corrected chi connectivity index (χ4v) is 1.90. The number of rotatable bonds is 0. The fraction of sp³-hybridized carbons (Fsp3) is 1.00. The van der Waals surface area contributed by atoms with Gasteiger partial charge < -0.3 is 9.47 Å². The van der Waals surface area contributed by atoms with Gasteiger partial charge in [-0.2, -0.15) is 0 Å². The van der Waals surface area contributed by atoms with Gasteiger partial charge in [-0.15, -0.1) is 0 Å². The average Bonchev–Trinajstić information content (AvgIpc) is 2.51. The summed E-state index contributed by atoms with van der Waals surface area (Å²) in [5.41, 5.74) is 1.47. The first kappa shape index (κ1) is 22.2. The molecule has 2 fully saturated rings. The molecule has 0 unspecified atom stereocenters. The predicted octanol–water partition coefficient (Wildman–Crippen LogP) is 5.41. The van der Waals surface area contributed by atoms with E-state index in [1.807, 2.05) is 0 Å². The van der Waals surface area contributed by atoms with Crippen LogP contribution in [0.3, 0.4) is 0 Å². The lowest BCUT2D eigenvalue weighted by molar-refractivity contribution is 0.165. The monoisotopic (exact) mass is 288 g/mol. The van der Waals surface area contributed by atoms with Crippen LogP contribution in [-0.4, -0.2) is 26.4 Å². The molecular formula is C18H40O2. The standard InChI is InChI=1S/2C8H16O.2CH4/c2*1-7(2)5-9-6-8(7,3)4;;/h2*5-6H2,1-4H3;2*1H4. The molecule has 0 N–H and O–H groups in total. The van der Waals surface area contributed by atoms with Gasteiger partial charge in [0.05, 0.1) is 26.4 Å². The molecule has 0 aliphatic carbocycles. The number of hydrogen-bond donors (Lipinski definition) is 0. The van der Waals surface area contributed by atoms with Crippen molar-refractivity contribution in [1.29, 1.82) is 0 Å². The lowest BCUT2D eigenvalue weighted by atomic mass is 9.71. The summed E-state index contributed by atoms with van der Waals surface area (Å²) in [6.07, 6.45) is 0. The molecule has 2 aliphatic heterocycles. The normalized spacial score (nSPS) is 27.6. The quantitative estimate of drug-likeness (QED) is 0.593. The second-order valence-corrected chi connectivity index (χ2v) is 8.52. The number of ether oxygens (including phenoxy) is 2. The van der Waals surface area contributed by atoms with Crippen molar-refractivity contribution < 1.29 is 9.47 Å². The molecule has 124 valence electrons. The maximum absolute atomic E-state index is 5.38. The van der Waals surface area contributed by atoms with E-state index in [1.165, 1.54) is 0 Å². The highest BCUT2D eigenvalue weighted by Gasteiger charge is 2.43. The van der Waals surface area contributed by atoms with E-state index in [4.69, 9.17) is 9.47 Å². The second-order valence-electron chi connectivity index (χ2n) is 8.52. The van der Waals surface area contributed by atoms with Gasteiger partial charge in [-0.3, -0.25) is 0 Å².